The van der Waals surface area contributed by atoms with Crippen molar-refractivity contribution >= 4 is 23.6 Å². The average Bonchev–Trinajstić information content (AvgIpc) is 2.45. The molecule has 0 aliphatic carbocycles. The molecule has 22 heavy (non-hydrogen) atoms. The van der Waals surface area contributed by atoms with Gasteiger partial charge in [0.1, 0.15) is 0 Å². The minimum Gasteiger partial charge on any atom is -0.375 e. The van der Waals surface area contributed by atoms with Crippen LogP contribution in [0.2, 0.25) is 5.02 Å². The number of nitrogens with zero attached hydrogens (tertiary/aromatic N) is 1. The Kier molecular flexibility index (Phi) is 5.13. The topological polar surface area (TPSA) is 29.5 Å². The Bertz CT molecular complexity index is 587. The Balaban J connectivity index is 2.11. The molecule has 1 amide bonds. The molecule has 1 aromatic rings. The molecule has 1 heterocycles. The highest BCUT2D eigenvalue weighted by molar-refractivity contribution is 6.31. The monoisotopic (exact) mass is 333 g/mol. The fraction of sp³-hybridized carbons (Fsp3) is 0.400. The highest BCUT2D eigenvalue weighted by Gasteiger charge is 2.33. The van der Waals surface area contributed by atoms with Gasteiger partial charge >= 0.3 is 6.18 Å². The molecular formula is C15H15ClF3NO2. The first-order valence-electron chi connectivity index (χ1n) is 6.72. The molecule has 0 radical (unpaired) electrons. The number of benzene rings is 1. The number of morpholine rings is 1. The van der Waals surface area contributed by atoms with E-state index in [9.17, 15) is 18.0 Å². The minimum atomic E-state index is -4.52. The zero-order chi connectivity index (χ0) is 16.3. The van der Waals surface area contributed by atoms with Crippen LogP contribution in [-0.4, -0.2) is 36.6 Å². The van der Waals surface area contributed by atoms with E-state index in [1.807, 2.05) is 6.92 Å². The van der Waals surface area contributed by atoms with E-state index in [-0.39, 0.29) is 22.6 Å². The van der Waals surface area contributed by atoms with Crippen molar-refractivity contribution < 1.29 is 22.7 Å². The Labute approximate surface area is 131 Å². The number of hydrogen-bond donors (Lipinski definition) is 0. The summed E-state index contributed by atoms with van der Waals surface area (Å²) in [5, 5.41) is -0.363. The highest BCUT2D eigenvalue weighted by atomic mass is 35.5. The summed E-state index contributed by atoms with van der Waals surface area (Å²) in [4.78, 5) is 13.6. The standard InChI is InChI=1S/C15H15ClF3NO2/c1-10-9-20(6-7-22-10)14(21)5-3-11-2-4-13(16)12(8-11)15(17,18)19/h2-5,8,10H,6-7,9H2,1H3/b5-3+. The lowest BCUT2D eigenvalue weighted by Crippen LogP contribution is -2.43. The quantitative estimate of drug-likeness (QED) is 0.774. The van der Waals surface area contributed by atoms with Gasteiger partial charge in [-0.05, 0) is 30.7 Å². The average molecular weight is 334 g/mol. The molecule has 7 heteroatoms. The van der Waals surface area contributed by atoms with Crippen LogP contribution in [0.1, 0.15) is 18.1 Å². The van der Waals surface area contributed by atoms with Gasteiger partial charge in [0.05, 0.1) is 23.3 Å². The van der Waals surface area contributed by atoms with Crippen LogP contribution in [-0.2, 0) is 15.7 Å². The van der Waals surface area contributed by atoms with Crippen molar-refractivity contribution in [2.24, 2.45) is 0 Å². The third-order valence-corrected chi connectivity index (χ3v) is 3.60. The summed E-state index contributed by atoms with van der Waals surface area (Å²) in [6.45, 7) is 3.26. The van der Waals surface area contributed by atoms with Crippen molar-refractivity contribution in [2.75, 3.05) is 19.7 Å². The maximum atomic E-state index is 12.8. The largest absolute Gasteiger partial charge is 0.417 e. The van der Waals surface area contributed by atoms with Gasteiger partial charge in [0.25, 0.3) is 0 Å². The number of carbonyl (C=O) groups is 1. The summed E-state index contributed by atoms with van der Waals surface area (Å²) in [7, 11) is 0. The van der Waals surface area contributed by atoms with Gasteiger partial charge in [-0.1, -0.05) is 17.7 Å². The zero-order valence-corrected chi connectivity index (χ0v) is 12.6. The van der Waals surface area contributed by atoms with Crippen LogP contribution in [0.25, 0.3) is 6.08 Å². The molecule has 0 aromatic heterocycles. The molecular weight excluding hydrogens is 319 g/mol. The van der Waals surface area contributed by atoms with Gasteiger partial charge in [0.2, 0.25) is 5.91 Å². The van der Waals surface area contributed by atoms with Crippen molar-refractivity contribution in [1.29, 1.82) is 0 Å². The summed E-state index contributed by atoms with van der Waals surface area (Å²) >= 11 is 5.55. The molecule has 2 rings (SSSR count). The summed E-state index contributed by atoms with van der Waals surface area (Å²) in [5.41, 5.74) is -0.643. The number of halogens is 4. The van der Waals surface area contributed by atoms with Crippen LogP contribution in [0.5, 0.6) is 0 Å². The Morgan fingerprint density at radius 1 is 1.45 bits per heavy atom. The summed E-state index contributed by atoms with van der Waals surface area (Å²) < 4.78 is 43.6. The molecule has 1 aliphatic rings. The van der Waals surface area contributed by atoms with Gasteiger partial charge in [0, 0.05) is 19.2 Å². The van der Waals surface area contributed by atoms with Gasteiger partial charge in [-0.15, -0.1) is 0 Å². The lowest BCUT2D eigenvalue weighted by Gasteiger charge is -2.30. The second kappa shape index (κ2) is 6.71. The van der Waals surface area contributed by atoms with E-state index in [0.29, 0.717) is 19.7 Å². The first kappa shape index (κ1) is 16.8. The number of carbonyl (C=O) groups excluding carboxylic acids is 1. The maximum Gasteiger partial charge on any atom is 0.417 e. The number of alkyl halides is 3. The van der Waals surface area contributed by atoms with Gasteiger partial charge in [0.15, 0.2) is 0 Å². The normalized spacial score (nSPS) is 19.7. The molecule has 0 saturated carbocycles. The molecule has 0 spiro atoms. The van der Waals surface area contributed by atoms with Crippen LogP contribution < -0.4 is 0 Å². The number of ether oxygens (including phenoxy) is 1. The number of amides is 1. The van der Waals surface area contributed by atoms with E-state index in [0.717, 1.165) is 6.07 Å². The lowest BCUT2D eigenvalue weighted by molar-refractivity contribution is -0.137. The fourth-order valence-electron chi connectivity index (χ4n) is 2.16. The molecule has 0 N–H and O–H groups in total. The molecule has 1 fully saturated rings. The van der Waals surface area contributed by atoms with Crippen LogP contribution in [0, 0.1) is 0 Å². The van der Waals surface area contributed by atoms with Gasteiger partial charge in [-0.2, -0.15) is 13.2 Å². The first-order valence-corrected chi connectivity index (χ1v) is 7.10. The minimum absolute atomic E-state index is 0.0431. The zero-order valence-electron chi connectivity index (χ0n) is 11.9. The molecule has 1 aromatic carbocycles. The van der Waals surface area contributed by atoms with E-state index in [1.54, 1.807) is 4.90 Å². The van der Waals surface area contributed by atoms with E-state index >= 15 is 0 Å². The molecule has 1 unspecified atom stereocenters. The van der Waals surface area contributed by atoms with E-state index < -0.39 is 11.7 Å². The van der Waals surface area contributed by atoms with E-state index in [1.165, 1.54) is 24.3 Å². The highest BCUT2D eigenvalue weighted by Crippen LogP contribution is 2.35. The van der Waals surface area contributed by atoms with Gasteiger partial charge in [-0.3, -0.25) is 4.79 Å². The summed E-state index contributed by atoms with van der Waals surface area (Å²) in [6, 6.07) is 3.53. The van der Waals surface area contributed by atoms with Crippen molar-refractivity contribution in [1.82, 2.24) is 4.90 Å². The van der Waals surface area contributed by atoms with Crippen molar-refractivity contribution in [3.63, 3.8) is 0 Å². The summed E-state index contributed by atoms with van der Waals surface area (Å²) in [5.74, 6) is -0.251. The molecule has 3 nitrogen and oxygen atoms in total. The third-order valence-electron chi connectivity index (χ3n) is 3.27. The van der Waals surface area contributed by atoms with Crippen molar-refractivity contribution in [3.05, 3.63) is 40.4 Å². The van der Waals surface area contributed by atoms with E-state index in [2.05, 4.69) is 0 Å². The predicted octanol–water partition coefficient (Wildman–Crippen LogP) is 3.62. The van der Waals surface area contributed by atoms with Crippen LogP contribution in [0.4, 0.5) is 13.2 Å². The second-order valence-electron chi connectivity index (χ2n) is 5.04. The number of rotatable bonds is 2. The first-order chi connectivity index (χ1) is 10.3. The second-order valence-corrected chi connectivity index (χ2v) is 5.44. The third kappa shape index (κ3) is 4.24. The molecule has 120 valence electrons. The van der Waals surface area contributed by atoms with Gasteiger partial charge < -0.3 is 9.64 Å². The fourth-order valence-corrected chi connectivity index (χ4v) is 2.38. The molecule has 1 atom stereocenters. The van der Waals surface area contributed by atoms with Crippen molar-refractivity contribution in [3.8, 4) is 0 Å². The van der Waals surface area contributed by atoms with E-state index in [4.69, 9.17) is 16.3 Å². The van der Waals surface area contributed by atoms with Crippen LogP contribution in [0.3, 0.4) is 0 Å². The van der Waals surface area contributed by atoms with Crippen molar-refractivity contribution in [2.45, 2.75) is 19.2 Å². The predicted molar refractivity (Wildman–Crippen MR) is 77.5 cm³/mol. The smallest absolute Gasteiger partial charge is 0.375 e. The molecule has 1 aliphatic heterocycles. The Morgan fingerprint density at radius 2 is 2.18 bits per heavy atom. The Morgan fingerprint density at radius 3 is 2.82 bits per heavy atom. The van der Waals surface area contributed by atoms with Gasteiger partial charge in [-0.25, -0.2) is 0 Å². The number of hydrogen-bond acceptors (Lipinski definition) is 2. The van der Waals surface area contributed by atoms with Crippen LogP contribution in [0.15, 0.2) is 24.3 Å². The molecule has 0 bridgehead atoms. The van der Waals surface area contributed by atoms with Crippen LogP contribution >= 0.6 is 11.6 Å². The summed E-state index contributed by atoms with van der Waals surface area (Å²) in [6.07, 6.45) is -1.95. The molecule has 1 saturated heterocycles. The lowest BCUT2D eigenvalue weighted by atomic mass is 10.1. The maximum absolute atomic E-state index is 12.8. The Hall–Kier alpha value is -1.53. The SMILES string of the molecule is CC1CN(C(=O)/C=C/c2ccc(Cl)c(C(F)(F)F)c2)CCO1.